The molecule has 1 N–H and O–H groups in total. The normalized spacial score (nSPS) is 23.1. The van der Waals surface area contributed by atoms with Crippen molar-refractivity contribution < 1.29 is 19.4 Å². The van der Waals surface area contributed by atoms with Crippen molar-refractivity contribution in [2.75, 3.05) is 7.11 Å². The van der Waals surface area contributed by atoms with Crippen LogP contribution in [0.25, 0.3) is 0 Å². The molecule has 1 aliphatic rings. The number of aliphatic hydroxyl groups excluding tert-OH is 1. The monoisotopic (exact) mass is 212 g/mol. The SMILES string of the molecule is COC1=C[C@@H]([C@H](O)/C=C/C(C)C)OC1=O. The Bertz CT molecular complexity index is 291. The maximum atomic E-state index is 11.1. The van der Waals surface area contributed by atoms with Crippen LogP contribution in [0, 0.1) is 5.92 Å². The highest BCUT2D eigenvalue weighted by Gasteiger charge is 2.30. The minimum Gasteiger partial charge on any atom is -0.490 e. The topological polar surface area (TPSA) is 55.8 Å². The minimum absolute atomic E-state index is 0.150. The average molecular weight is 212 g/mol. The van der Waals surface area contributed by atoms with E-state index in [-0.39, 0.29) is 5.76 Å². The first-order valence-electron chi connectivity index (χ1n) is 4.87. The lowest BCUT2D eigenvalue weighted by atomic mass is 10.1. The summed E-state index contributed by atoms with van der Waals surface area (Å²) in [5.74, 6) is -0.0286. The number of carbonyl (C=O) groups excluding carboxylic acids is 1. The van der Waals surface area contributed by atoms with Gasteiger partial charge in [-0.05, 0) is 5.92 Å². The summed E-state index contributed by atoms with van der Waals surface area (Å²) >= 11 is 0. The number of esters is 1. The second kappa shape index (κ2) is 4.98. The zero-order chi connectivity index (χ0) is 11.4. The average Bonchev–Trinajstić information content (AvgIpc) is 2.56. The highest BCUT2D eigenvalue weighted by Crippen LogP contribution is 2.17. The molecule has 0 aromatic rings. The third-order valence-electron chi connectivity index (χ3n) is 2.01. The molecule has 4 heteroatoms. The molecule has 0 aromatic carbocycles. The summed E-state index contributed by atoms with van der Waals surface area (Å²) in [6.45, 7) is 4.00. The summed E-state index contributed by atoms with van der Waals surface area (Å²) in [4.78, 5) is 11.1. The van der Waals surface area contributed by atoms with Gasteiger partial charge in [-0.2, -0.15) is 0 Å². The van der Waals surface area contributed by atoms with Crippen molar-refractivity contribution in [3.05, 3.63) is 24.0 Å². The summed E-state index contributed by atoms with van der Waals surface area (Å²) in [6, 6.07) is 0. The fraction of sp³-hybridized carbons (Fsp3) is 0.545. The summed E-state index contributed by atoms with van der Waals surface area (Å²) in [5.41, 5.74) is 0. The van der Waals surface area contributed by atoms with Crippen molar-refractivity contribution in [1.82, 2.24) is 0 Å². The molecule has 1 heterocycles. The Balaban J connectivity index is 2.60. The zero-order valence-corrected chi connectivity index (χ0v) is 9.14. The lowest BCUT2D eigenvalue weighted by Crippen LogP contribution is -2.23. The molecule has 4 nitrogen and oxygen atoms in total. The first-order valence-corrected chi connectivity index (χ1v) is 4.87. The molecule has 0 spiro atoms. The van der Waals surface area contributed by atoms with Crippen LogP contribution in [0.5, 0.6) is 0 Å². The molecular formula is C11H16O4. The van der Waals surface area contributed by atoms with Gasteiger partial charge in [0, 0.05) is 6.08 Å². The smallest absolute Gasteiger partial charge is 0.374 e. The van der Waals surface area contributed by atoms with Crippen LogP contribution in [0.3, 0.4) is 0 Å². The molecule has 0 unspecified atom stereocenters. The van der Waals surface area contributed by atoms with Crippen LogP contribution >= 0.6 is 0 Å². The van der Waals surface area contributed by atoms with E-state index in [0.717, 1.165) is 0 Å². The zero-order valence-electron chi connectivity index (χ0n) is 9.14. The first-order chi connectivity index (χ1) is 7.04. The van der Waals surface area contributed by atoms with Crippen molar-refractivity contribution in [2.24, 2.45) is 5.92 Å². The molecule has 15 heavy (non-hydrogen) atoms. The van der Waals surface area contributed by atoms with Gasteiger partial charge >= 0.3 is 5.97 Å². The standard InChI is InChI=1S/C11H16O4/c1-7(2)4-5-8(12)9-6-10(14-3)11(13)15-9/h4-9,12H,1-3H3/b5-4+/t8-,9+/m1/s1. The third kappa shape index (κ3) is 3.09. The molecule has 0 aromatic heterocycles. The molecule has 1 rings (SSSR count). The van der Waals surface area contributed by atoms with E-state index in [1.807, 2.05) is 19.9 Å². The molecule has 0 saturated heterocycles. The van der Waals surface area contributed by atoms with Gasteiger partial charge in [0.15, 0.2) is 6.10 Å². The maximum absolute atomic E-state index is 11.1. The van der Waals surface area contributed by atoms with E-state index in [1.165, 1.54) is 13.2 Å². The van der Waals surface area contributed by atoms with Gasteiger partial charge in [0.25, 0.3) is 0 Å². The Morgan fingerprint density at radius 1 is 1.53 bits per heavy atom. The van der Waals surface area contributed by atoms with Crippen LogP contribution in [0.15, 0.2) is 24.0 Å². The quantitative estimate of drug-likeness (QED) is 0.558. The number of cyclic esters (lactones) is 1. The van der Waals surface area contributed by atoms with Gasteiger partial charge < -0.3 is 14.6 Å². The Kier molecular flexibility index (Phi) is 3.91. The van der Waals surface area contributed by atoms with Crippen molar-refractivity contribution >= 4 is 5.97 Å². The largest absolute Gasteiger partial charge is 0.490 e. The summed E-state index contributed by atoms with van der Waals surface area (Å²) in [7, 11) is 1.39. The molecule has 0 fully saturated rings. The molecule has 0 amide bonds. The van der Waals surface area contributed by atoms with Crippen molar-refractivity contribution in [1.29, 1.82) is 0 Å². The molecule has 0 radical (unpaired) electrons. The molecule has 0 saturated carbocycles. The Morgan fingerprint density at radius 2 is 2.20 bits per heavy atom. The fourth-order valence-corrected chi connectivity index (χ4v) is 1.20. The number of rotatable bonds is 4. The summed E-state index contributed by atoms with van der Waals surface area (Å²) in [5, 5.41) is 9.66. The van der Waals surface area contributed by atoms with Gasteiger partial charge in [0.1, 0.15) is 6.10 Å². The molecule has 1 aliphatic heterocycles. The van der Waals surface area contributed by atoms with Crippen LogP contribution in [0.1, 0.15) is 13.8 Å². The predicted octanol–water partition coefficient (Wildman–Crippen LogP) is 1.02. The van der Waals surface area contributed by atoms with Crippen molar-refractivity contribution in [3.8, 4) is 0 Å². The highest BCUT2D eigenvalue weighted by atomic mass is 16.6. The number of methoxy groups -OCH3 is 1. The maximum Gasteiger partial charge on any atom is 0.374 e. The second-order valence-corrected chi connectivity index (χ2v) is 3.72. The summed E-state index contributed by atoms with van der Waals surface area (Å²) in [6.07, 6.45) is 3.51. The Morgan fingerprint density at radius 3 is 2.67 bits per heavy atom. The van der Waals surface area contributed by atoms with E-state index >= 15 is 0 Å². The van der Waals surface area contributed by atoms with Crippen LogP contribution in [0.2, 0.25) is 0 Å². The molecule has 0 aliphatic carbocycles. The lowest BCUT2D eigenvalue weighted by molar-refractivity contribution is -0.145. The van der Waals surface area contributed by atoms with Crippen molar-refractivity contribution in [3.63, 3.8) is 0 Å². The van der Waals surface area contributed by atoms with Gasteiger partial charge in [-0.3, -0.25) is 0 Å². The van der Waals surface area contributed by atoms with E-state index < -0.39 is 18.2 Å². The number of ether oxygens (including phenoxy) is 2. The predicted molar refractivity (Wildman–Crippen MR) is 55.0 cm³/mol. The van der Waals surface area contributed by atoms with Gasteiger partial charge in [-0.25, -0.2) is 4.79 Å². The van der Waals surface area contributed by atoms with E-state index in [0.29, 0.717) is 5.92 Å². The van der Waals surface area contributed by atoms with E-state index in [4.69, 9.17) is 9.47 Å². The van der Waals surface area contributed by atoms with Gasteiger partial charge in [-0.1, -0.05) is 26.0 Å². The number of allylic oxidation sites excluding steroid dienone is 1. The van der Waals surface area contributed by atoms with Gasteiger partial charge in [-0.15, -0.1) is 0 Å². The number of aliphatic hydroxyl groups is 1. The van der Waals surface area contributed by atoms with Gasteiger partial charge in [0.05, 0.1) is 7.11 Å². The highest BCUT2D eigenvalue weighted by molar-refractivity contribution is 5.88. The first kappa shape index (κ1) is 11.8. The second-order valence-electron chi connectivity index (χ2n) is 3.72. The van der Waals surface area contributed by atoms with Gasteiger partial charge in [0.2, 0.25) is 5.76 Å². The number of carbonyl (C=O) groups is 1. The molecular weight excluding hydrogens is 196 g/mol. The third-order valence-corrected chi connectivity index (χ3v) is 2.01. The van der Waals surface area contributed by atoms with Crippen molar-refractivity contribution in [2.45, 2.75) is 26.1 Å². The summed E-state index contributed by atoms with van der Waals surface area (Å²) < 4.78 is 9.68. The lowest BCUT2D eigenvalue weighted by Gasteiger charge is -2.11. The minimum atomic E-state index is -0.816. The molecule has 84 valence electrons. The Labute approximate surface area is 89.2 Å². The van der Waals surface area contributed by atoms with E-state index in [2.05, 4.69) is 0 Å². The van der Waals surface area contributed by atoms with Crippen LogP contribution in [-0.4, -0.2) is 30.4 Å². The number of hydrogen-bond donors (Lipinski definition) is 1. The van der Waals surface area contributed by atoms with Crippen LogP contribution < -0.4 is 0 Å². The molecule has 2 atom stereocenters. The van der Waals surface area contributed by atoms with Crippen LogP contribution in [0.4, 0.5) is 0 Å². The Hall–Kier alpha value is -1.29. The molecule has 0 bridgehead atoms. The number of hydrogen-bond acceptors (Lipinski definition) is 4. The van der Waals surface area contributed by atoms with E-state index in [9.17, 15) is 9.90 Å². The van der Waals surface area contributed by atoms with E-state index in [1.54, 1.807) is 6.08 Å². The fourth-order valence-electron chi connectivity index (χ4n) is 1.20. The van der Waals surface area contributed by atoms with Crippen LogP contribution in [-0.2, 0) is 14.3 Å².